The average Bonchev–Trinajstić information content (AvgIpc) is 3.26. The molecule has 0 saturated heterocycles. The molecule has 0 aliphatic carbocycles. The molecule has 0 spiro atoms. The van der Waals surface area contributed by atoms with E-state index in [0.29, 0.717) is 0 Å². The highest BCUT2D eigenvalue weighted by Crippen LogP contribution is 2.33. The summed E-state index contributed by atoms with van der Waals surface area (Å²) in [6.45, 7) is 2.94. The summed E-state index contributed by atoms with van der Waals surface area (Å²) < 4.78 is 3.45. The third kappa shape index (κ3) is 4.29. The second-order valence-electron chi connectivity index (χ2n) is 7.40. The van der Waals surface area contributed by atoms with Gasteiger partial charge in [-0.2, -0.15) is 0 Å². The lowest BCUT2D eigenvalue weighted by Gasteiger charge is -2.12. The topological polar surface area (TPSA) is 43.6 Å². The number of hydrogen-bond donors (Lipinski definition) is 0. The van der Waals surface area contributed by atoms with Crippen LogP contribution in [0.2, 0.25) is 0 Å². The van der Waals surface area contributed by atoms with Crippen LogP contribution in [0.1, 0.15) is 12.5 Å². The highest BCUT2D eigenvalue weighted by atomic mass is 127. The van der Waals surface area contributed by atoms with E-state index in [1.54, 1.807) is 11.8 Å². The molecule has 0 saturated carbocycles. The van der Waals surface area contributed by atoms with Crippen molar-refractivity contribution < 1.29 is 0 Å². The molecule has 0 fully saturated rings. The summed E-state index contributed by atoms with van der Waals surface area (Å²) in [5.41, 5.74) is 5.34. The van der Waals surface area contributed by atoms with Gasteiger partial charge in [0.15, 0.2) is 11.0 Å². The number of thioether (sulfide) groups is 1. The maximum Gasteiger partial charge on any atom is 0.191 e. The van der Waals surface area contributed by atoms with Gasteiger partial charge in [-0.15, -0.1) is 10.2 Å². The minimum absolute atomic E-state index is 0.800. The van der Waals surface area contributed by atoms with E-state index < -0.39 is 0 Å². The zero-order valence-electron chi connectivity index (χ0n) is 17.6. The van der Waals surface area contributed by atoms with Crippen LogP contribution in [-0.4, -0.2) is 19.7 Å². The van der Waals surface area contributed by atoms with Gasteiger partial charge >= 0.3 is 0 Å². The molecule has 2 aromatic heterocycles. The Balaban J connectivity index is 1.57. The molecule has 0 aliphatic heterocycles. The lowest BCUT2D eigenvalue weighted by Crippen LogP contribution is -2.01. The lowest BCUT2D eigenvalue weighted by molar-refractivity contribution is 0.687. The van der Waals surface area contributed by atoms with Crippen LogP contribution in [0.25, 0.3) is 33.5 Å². The van der Waals surface area contributed by atoms with E-state index in [0.717, 1.165) is 51.0 Å². The van der Waals surface area contributed by atoms with Gasteiger partial charge in [0.1, 0.15) is 0 Å². The van der Waals surface area contributed by atoms with Crippen molar-refractivity contribution in [3.8, 4) is 22.6 Å². The quantitative estimate of drug-likeness (QED) is 0.168. The fourth-order valence-electron chi connectivity index (χ4n) is 3.73. The maximum atomic E-state index is 4.91. The first-order valence-electron chi connectivity index (χ1n) is 10.5. The molecular weight excluding hydrogens is 527 g/mol. The first-order valence-corrected chi connectivity index (χ1v) is 12.6. The fraction of sp³-hybridized carbons (Fsp3) is 0.115. The van der Waals surface area contributed by atoms with Crippen molar-refractivity contribution in [1.82, 2.24) is 19.7 Å². The lowest BCUT2D eigenvalue weighted by atomic mass is 10.0. The molecule has 158 valence electrons. The van der Waals surface area contributed by atoms with Crippen LogP contribution in [0.5, 0.6) is 0 Å². The monoisotopic (exact) mass is 548 g/mol. The predicted molar refractivity (Wildman–Crippen MR) is 141 cm³/mol. The number of para-hydroxylation sites is 1. The third-order valence-corrected chi connectivity index (χ3v) is 7.10. The zero-order chi connectivity index (χ0) is 21.9. The van der Waals surface area contributed by atoms with Crippen molar-refractivity contribution >= 4 is 45.3 Å². The van der Waals surface area contributed by atoms with E-state index in [9.17, 15) is 0 Å². The average molecular weight is 548 g/mol. The summed E-state index contributed by atoms with van der Waals surface area (Å²) >= 11 is 4.06. The largest absolute Gasteiger partial charge is 0.302 e. The molecule has 4 nitrogen and oxygen atoms in total. The van der Waals surface area contributed by atoms with Crippen LogP contribution in [0.15, 0.2) is 90.1 Å². The maximum absolute atomic E-state index is 4.91. The minimum Gasteiger partial charge on any atom is -0.302 e. The molecular formula is C26H21IN4S. The molecule has 0 atom stereocenters. The molecule has 0 radical (unpaired) electrons. The third-order valence-electron chi connectivity index (χ3n) is 5.34. The molecule has 0 N–H and O–H groups in total. The highest BCUT2D eigenvalue weighted by Gasteiger charge is 2.17. The Labute approximate surface area is 205 Å². The van der Waals surface area contributed by atoms with E-state index in [1.165, 1.54) is 9.13 Å². The van der Waals surface area contributed by atoms with Gasteiger partial charge in [-0.1, -0.05) is 72.4 Å². The minimum atomic E-state index is 0.800. The molecule has 0 bridgehead atoms. The number of aromatic nitrogens is 4. The van der Waals surface area contributed by atoms with Crippen LogP contribution in [0.4, 0.5) is 0 Å². The van der Waals surface area contributed by atoms with Gasteiger partial charge in [0.05, 0.1) is 11.2 Å². The smallest absolute Gasteiger partial charge is 0.191 e. The van der Waals surface area contributed by atoms with Crippen LogP contribution in [0.3, 0.4) is 0 Å². The van der Waals surface area contributed by atoms with Crippen LogP contribution < -0.4 is 0 Å². The summed E-state index contributed by atoms with van der Waals surface area (Å²) in [4.78, 5) is 4.91. The van der Waals surface area contributed by atoms with Crippen molar-refractivity contribution in [2.45, 2.75) is 24.4 Å². The van der Waals surface area contributed by atoms with Gasteiger partial charge in [0, 0.05) is 32.4 Å². The van der Waals surface area contributed by atoms with Crippen molar-refractivity contribution in [3.63, 3.8) is 0 Å². The van der Waals surface area contributed by atoms with Crippen molar-refractivity contribution in [1.29, 1.82) is 0 Å². The summed E-state index contributed by atoms with van der Waals surface area (Å²) in [6, 6.07) is 29.3. The molecule has 5 aromatic rings. The number of halogens is 1. The Kier molecular flexibility index (Phi) is 6.23. The Hall–Kier alpha value is -2.71. The summed E-state index contributed by atoms with van der Waals surface area (Å²) in [6.07, 6.45) is 0. The first-order chi connectivity index (χ1) is 15.7. The number of rotatable bonds is 6. The predicted octanol–water partition coefficient (Wildman–Crippen LogP) is 7.08. The standard InChI is InChI=1S/C26H21IN4S/c1-2-31-25(29-30-26(31)32-17-18-12-14-20(27)15-13-18)22-16-24(19-8-4-3-5-9-19)28-23-11-7-6-10-21(22)23/h3-16H,2,17H2,1H3. The normalized spacial score (nSPS) is 11.2. The molecule has 6 heteroatoms. The van der Waals surface area contributed by atoms with Crippen molar-refractivity contribution in [2.24, 2.45) is 0 Å². The van der Waals surface area contributed by atoms with Crippen molar-refractivity contribution in [2.75, 3.05) is 0 Å². The number of pyridine rings is 1. The molecule has 32 heavy (non-hydrogen) atoms. The van der Waals surface area contributed by atoms with E-state index in [2.05, 4.69) is 105 Å². The van der Waals surface area contributed by atoms with E-state index >= 15 is 0 Å². The van der Waals surface area contributed by atoms with E-state index in [1.807, 2.05) is 24.3 Å². The van der Waals surface area contributed by atoms with Crippen LogP contribution in [-0.2, 0) is 12.3 Å². The van der Waals surface area contributed by atoms with Gasteiger partial charge < -0.3 is 4.57 Å². The van der Waals surface area contributed by atoms with Gasteiger partial charge in [-0.05, 0) is 59.3 Å². The Bertz CT molecular complexity index is 1360. The molecule has 0 amide bonds. The summed E-state index contributed by atoms with van der Waals surface area (Å²) in [5.74, 6) is 1.75. The second-order valence-corrected chi connectivity index (χ2v) is 9.59. The molecule has 0 unspecified atom stereocenters. The molecule has 0 aliphatic rings. The van der Waals surface area contributed by atoms with Crippen LogP contribution >= 0.6 is 34.4 Å². The number of benzene rings is 3. The summed E-state index contributed by atoms with van der Waals surface area (Å²) in [7, 11) is 0. The molecule has 5 rings (SSSR count). The number of hydrogen-bond acceptors (Lipinski definition) is 4. The van der Waals surface area contributed by atoms with E-state index in [-0.39, 0.29) is 0 Å². The Morgan fingerprint density at radius 3 is 2.41 bits per heavy atom. The van der Waals surface area contributed by atoms with Crippen LogP contribution in [0, 0.1) is 3.57 Å². The highest BCUT2D eigenvalue weighted by molar-refractivity contribution is 14.1. The molecule has 3 aromatic carbocycles. The van der Waals surface area contributed by atoms with Gasteiger partial charge in [0.25, 0.3) is 0 Å². The zero-order valence-corrected chi connectivity index (χ0v) is 20.5. The Morgan fingerprint density at radius 2 is 1.62 bits per heavy atom. The van der Waals surface area contributed by atoms with Gasteiger partial charge in [0.2, 0.25) is 0 Å². The Morgan fingerprint density at radius 1 is 0.875 bits per heavy atom. The fourth-order valence-corrected chi connectivity index (χ4v) is 5.04. The number of nitrogens with zero attached hydrogens (tertiary/aromatic N) is 4. The SMILES string of the molecule is CCn1c(SCc2ccc(I)cc2)nnc1-c1cc(-c2ccccc2)nc2ccccc12. The number of fused-ring (bicyclic) bond motifs is 1. The molecule has 2 heterocycles. The van der Waals surface area contributed by atoms with E-state index in [4.69, 9.17) is 4.98 Å². The van der Waals surface area contributed by atoms with Crippen molar-refractivity contribution in [3.05, 3.63) is 94.1 Å². The summed E-state index contributed by atoms with van der Waals surface area (Å²) in [5, 5.41) is 11.2. The first kappa shape index (κ1) is 21.2. The van der Waals surface area contributed by atoms with Gasteiger partial charge in [-0.3, -0.25) is 0 Å². The second kappa shape index (κ2) is 9.42. The van der Waals surface area contributed by atoms with Gasteiger partial charge in [-0.25, -0.2) is 4.98 Å².